The van der Waals surface area contributed by atoms with E-state index in [1.54, 1.807) is 19.1 Å². The quantitative estimate of drug-likeness (QED) is 0.608. The molecule has 2 aliphatic rings. The van der Waals surface area contributed by atoms with Gasteiger partial charge in [-0.1, -0.05) is 12.1 Å². The van der Waals surface area contributed by atoms with Crippen molar-refractivity contribution in [1.82, 2.24) is 0 Å². The molecule has 0 amide bonds. The summed E-state index contributed by atoms with van der Waals surface area (Å²) in [7, 11) is 0. The predicted molar refractivity (Wildman–Crippen MR) is 90.3 cm³/mol. The summed E-state index contributed by atoms with van der Waals surface area (Å²) in [5.41, 5.74) is 3.49. The van der Waals surface area contributed by atoms with Crippen LogP contribution in [0.4, 0.5) is 5.69 Å². The second-order valence-electron chi connectivity index (χ2n) is 6.39. The van der Waals surface area contributed by atoms with Crippen LogP contribution in [0.25, 0.3) is 0 Å². The lowest BCUT2D eigenvalue weighted by Crippen LogP contribution is -2.04. The third kappa shape index (κ3) is 2.71. The second kappa shape index (κ2) is 5.84. The average Bonchev–Trinajstić information content (AvgIpc) is 2.96. The molecule has 2 aliphatic heterocycles. The van der Waals surface area contributed by atoms with Gasteiger partial charge in [0.05, 0.1) is 11.0 Å². The predicted octanol–water partition coefficient (Wildman–Crippen LogP) is 4.12. The summed E-state index contributed by atoms with van der Waals surface area (Å²) < 4.78 is 11.0. The molecule has 0 spiro atoms. The highest BCUT2D eigenvalue weighted by Crippen LogP contribution is 2.42. The van der Waals surface area contributed by atoms with Crippen LogP contribution in [0.1, 0.15) is 35.2 Å². The molecule has 0 N–H and O–H groups in total. The molecule has 2 atom stereocenters. The van der Waals surface area contributed by atoms with Gasteiger partial charge < -0.3 is 9.47 Å². The minimum Gasteiger partial charge on any atom is -0.454 e. The number of nitro benzene ring substituents is 1. The number of hydrogen-bond acceptors (Lipinski definition) is 6. The minimum atomic E-state index is -0.395. The zero-order chi connectivity index (χ0) is 17.6. The van der Waals surface area contributed by atoms with Crippen LogP contribution in [0.15, 0.2) is 40.6 Å². The van der Waals surface area contributed by atoms with Crippen LogP contribution in [-0.2, 0) is 6.42 Å². The molecule has 0 aliphatic carbocycles. The van der Waals surface area contributed by atoms with Gasteiger partial charge in [-0.05, 0) is 49.1 Å². The van der Waals surface area contributed by atoms with Crippen LogP contribution < -0.4 is 9.47 Å². The Hall–Kier alpha value is -2.96. The standard InChI is InChI=1S/C18H17N3O4/c1-10-3-4-12(6-15(10)21(22)23)18-14-8-17-16(24-9-25-17)7-13(14)5-11(2)19-20-18/h3-4,6-8,11,18H,5,9H2,1-2H3. The molecule has 2 heterocycles. The van der Waals surface area contributed by atoms with Crippen molar-refractivity contribution in [3.8, 4) is 11.5 Å². The Labute approximate surface area is 144 Å². The van der Waals surface area contributed by atoms with E-state index in [1.165, 1.54) is 0 Å². The number of aryl methyl sites for hydroxylation is 1. The van der Waals surface area contributed by atoms with Gasteiger partial charge in [-0.3, -0.25) is 10.1 Å². The number of hydrogen-bond donors (Lipinski definition) is 0. The summed E-state index contributed by atoms with van der Waals surface area (Å²) >= 11 is 0. The van der Waals surface area contributed by atoms with E-state index in [2.05, 4.69) is 10.2 Å². The Balaban J connectivity index is 1.86. The van der Waals surface area contributed by atoms with Gasteiger partial charge in [0.25, 0.3) is 5.69 Å². The summed E-state index contributed by atoms with van der Waals surface area (Å²) in [6, 6.07) is 8.74. The van der Waals surface area contributed by atoms with E-state index in [4.69, 9.17) is 9.47 Å². The molecular formula is C18H17N3O4. The molecule has 0 radical (unpaired) electrons. The number of azo groups is 1. The molecule has 25 heavy (non-hydrogen) atoms. The van der Waals surface area contributed by atoms with Crippen molar-refractivity contribution in [2.45, 2.75) is 32.4 Å². The Morgan fingerprint density at radius 3 is 2.68 bits per heavy atom. The summed E-state index contributed by atoms with van der Waals surface area (Å²) in [4.78, 5) is 10.9. The summed E-state index contributed by atoms with van der Waals surface area (Å²) in [6.07, 6.45) is 0.736. The largest absolute Gasteiger partial charge is 0.454 e. The molecule has 7 heteroatoms. The molecule has 0 aromatic heterocycles. The molecular weight excluding hydrogens is 322 g/mol. The molecule has 0 saturated carbocycles. The molecule has 2 aromatic rings. The highest BCUT2D eigenvalue weighted by molar-refractivity contribution is 5.53. The normalized spacial score (nSPS) is 20.9. The fraction of sp³-hybridized carbons (Fsp3) is 0.333. The van der Waals surface area contributed by atoms with E-state index >= 15 is 0 Å². The number of fused-ring (bicyclic) bond motifs is 2. The van der Waals surface area contributed by atoms with Crippen LogP contribution in [0.2, 0.25) is 0 Å². The van der Waals surface area contributed by atoms with Gasteiger partial charge in [-0.15, -0.1) is 0 Å². The van der Waals surface area contributed by atoms with Crippen LogP contribution in [0, 0.1) is 17.0 Å². The Kier molecular flexibility index (Phi) is 3.63. The third-order valence-corrected chi connectivity index (χ3v) is 4.57. The van der Waals surface area contributed by atoms with Crippen molar-refractivity contribution in [3.63, 3.8) is 0 Å². The number of nitro groups is 1. The first-order chi connectivity index (χ1) is 12.0. The van der Waals surface area contributed by atoms with Crippen molar-refractivity contribution in [3.05, 3.63) is 62.7 Å². The first kappa shape index (κ1) is 15.6. The molecule has 0 bridgehead atoms. The van der Waals surface area contributed by atoms with Gasteiger partial charge in [0, 0.05) is 11.6 Å². The maximum Gasteiger partial charge on any atom is 0.272 e. The fourth-order valence-electron chi connectivity index (χ4n) is 3.27. The summed E-state index contributed by atoms with van der Waals surface area (Å²) in [5, 5.41) is 20.1. The minimum absolute atomic E-state index is 0.0320. The number of ether oxygens (including phenoxy) is 2. The van der Waals surface area contributed by atoms with Gasteiger partial charge in [0.2, 0.25) is 6.79 Å². The third-order valence-electron chi connectivity index (χ3n) is 4.57. The lowest BCUT2D eigenvalue weighted by Gasteiger charge is -2.15. The Morgan fingerprint density at radius 2 is 1.92 bits per heavy atom. The van der Waals surface area contributed by atoms with Gasteiger partial charge in [0.15, 0.2) is 11.5 Å². The lowest BCUT2D eigenvalue weighted by molar-refractivity contribution is -0.385. The molecule has 0 fully saturated rings. The number of benzene rings is 2. The zero-order valence-electron chi connectivity index (χ0n) is 13.9. The molecule has 2 unspecified atom stereocenters. The van der Waals surface area contributed by atoms with Crippen molar-refractivity contribution in [2.24, 2.45) is 10.2 Å². The maximum absolute atomic E-state index is 11.3. The number of nitrogens with zero attached hydrogens (tertiary/aromatic N) is 3. The van der Waals surface area contributed by atoms with E-state index < -0.39 is 6.04 Å². The molecule has 0 saturated heterocycles. The van der Waals surface area contributed by atoms with Gasteiger partial charge in [-0.2, -0.15) is 10.2 Å². The molecule has 4 rings (SSSR count). The monoisotopic (exact) mass is 339 g/mol. The smallest absolute Gasteiger partial charge is 0.272 e. The van der Waals surface area contributed by atoms with Crippen LogP contribution in [0.5, 0.6) is 11.5 Å². The van der Waals surface area contributed by atoms with Crippen molar-refractivity contribution in [1.29, 1.82) is 0 Å². The van der Waals surface area contributed by atoms with Crippen LogP contribution in [-0.4, -0.2) is 17.8 Å². The average molecular weight is 339 g/mol. The van der Waals surface area contributed by atoms with Crippen LogP contribution in [0.3, 0.4) is 0 Å². The molecule has 128 valence electrons. The number of rotatable bonds is 2. The van der Waals surface area contributed by atoms with Gasteiger partial charge >= 0.3 is 0 Å². The lowest BCUT2D eigenvalue weighted by atomic mass is 9.91. The van der Waals surface area contributed by atoms with E-state index in [-0.39, 0.29) is 23.4 Å². The highest BCUT2D eigenvalue weighted by atomic mass is 16.7. The van der Waals surface area contributed by atoms with Crippen molar-refractivity contribution in [2.75, 3.05) is 6.79 Å². The van der Waals surface area contributed by atoms with Crippen LogP contribution >= 0.6 is 0 Å². The summed E-state index contributed by atoms with van der Waals surface area (Å²) in [5.74, 6) is 1.40. The van der Waals surface area contributed by atoms with E-state index in [1.807, 2.05) is 25.1 Å². The van der Waals surface area contributed by atoms with E-state index in [0.29, 0.717) is 11.3 Å². The zero-order valence-corrected chi connectivity index (χ0v) is 13.9. The van der Waals surface area contributed by atoms with Crippen molar-refractivity contribution < 1.29 is 14.4 Å². The van der Waals surface area contributed by atoms with E-state index in [9.17, 15) is 10.1 Å². The first-order valence-electron chi connectivity index (χ1n) is 8.10. The van der Waals surface area contributed by atoms with E-state index in [0.717, 1.165) is 28.9 Å². The fourth-order valence-corrected chi connectivity index (χ4v) is 3.27. The molecule has 2 aromatic carbocycles. The maximum atomic E-state index is 11.3. The Bertz CT molecular complexity index is 894. The van der Waals surface area contributed by atoms with Gasteiger partial charge in [-0.25, -0.2) is 0 Å². The van der Waals surface area contributed by atoms with Gasteiger partial charge in [0.1, 0.15) is 6.04 Å². The molecule has 7 nitrogen and oxygen atoms in total. The Morgan fingerprint density at radius 1 is 1.16 bits per heavy atom. The SMILES string of the molecule is Cc1ccc(C2N=NC(C)Cc3cc4c(cc32)OCO4)cc1[N+](=O)[O-]. The second-order valence-corrected chi connectivity index (χ2v) is 6.39. The topological polar surface area (TPSA) is 86.3 Å². The first-order valence-corrected chi connectivity index (χ1v) is 8.10. The summed E-state index contributed by atoms with van der Waals surface area (Å²) in [6.45, 7) is 3.93. The highest BCUT2D eigenvalue weighted by Gasteiger charge is 2.27. The van der Waals surface area contributed by atoms with Crippen molar-refractivity contribution >= 4 is 5.69 Å².